The zero-order chi connectivity index (χ0) is 16.4. The number of rotatable bonds is 2. The maximum atomic E-state index is 12.7. The highest BCUT2D eigenvalue weighted by Crippen LogP contribution is 2.25. The van der Waals surface area contributed by atoms with Crippen molar-refractivity contribution in [2.45, 2.75) is 6.42 Å². The molecule has 2 aromatic heterocycles. The van der Waals surface area contributed by atoms with Gasteiger partial charge in [0.25, 0.3) is 5.91 Å². The van der Waals surface area contributed by atoms with Gasteiger partial charge in [0.2, 0.25) is 0 Å². The number of para-hydroxylation sites is 1. The second-order valence-electron chi connectivity index (χ2n) is 5.49. The molecular weight excluding hydrogens is 320 g/mol. The Morgan fingerprint density at radius 2 is 2.08 bits per heavy atom. The SMILES string of the molecule is O=C(/N=C1\SCCCN1c1ccccc1)c1ccnc2[nH]ccc12. The van der Waals surface area contributed by atoms with Crippen LogP contribution in [-0.2, 0) is 0 Å². The number of nitrogens with one attached hydrogen (secondary N) is 1. The fraction of sp³-hybridized carbons (Fsp3) is 0.167. The van der Waals surface area contributed by atoms with Gasteiger partial charge in [0.15, 0.2) is 5.17 Å². The van der Waals surface area contributed by atoms with E-state index in [0.29, 0.717) is 11.2 Å². The van der Waals surface area contributed by atoms with Gasteiger partial charge in [0, 0.05) is 35.8 Å². The third-order valence-corrected chi connectivity index (χ3v) is 5.01. The van der Waals surface area contributed by atoms with Crippen molar-refractivity contribution in [2.75, 3.05) is 17.2 Å². The van der Waals surface area contributed by atoms with Crippen LogP contribution in [0.25, 0.3) is 11.0 Å². The molecule has 1 saturated heterocycles. The summed E-state index contributed by atoms with van der Waals surface area (Å²) in [6, 6.07) is 13.7. The van der Waals surface area contributed by atoms with Gasteiger partial charge in [-0.05, 0) is 30.7 Å². The topological polar surface area (TPSA) is 61.4 Å². The molecule has 1 N–H and O–H groups in total. The number of aliphatic imine (C=N–C) groups is 1. The van der Waals surface area contributed by atoms with Crippen LogP contribution in [0.15, 0.2) is 59.9 Å². The van der Waals surface area contributed by atoms with E-state index in [-0.39, 0.29) is 5.91 Å². The minimum atomic E-state index is -0.229. The van der Waals surface area contributed by atoms with E-state index in [1.807, 2.05) is 36.4 Å². The minimum absolute atomic E-state index is 0.229. The summed E-state index contributed by atoms with van der Waals surface area (Å²) >= 11 is 1.63. The van der Waals surface area contributed by atoms with E-state index in [1.165, 1.54) is 0 Å². The largest absolute Gasteiger partial charge is 0.346 e. The summed E-state index contributed by atoms with van der Waals surface area (Å²) in [5.41, 5.74) is 2.35. The molecule has 0 atom stereocenters. The first-order valence-corrected chi connectivity index (χ1v) is 8.82. The predicted molar refractivity (Wildman–Crippen MR) is 98.7 cm³/mol. The van der Waals surface area contributed by atoms with Gasteiger partial charge in [-0.3, -0.25) is 4.79 Å². The first-order chi connectivity index (χ1) is 11.8. The Kier molecular flexibility index (Phi) is 4.04. The lowest BCUT2D eigenvalue weighted by Gasteiger charge is -2.29. The van der Waals surface area contributed by atoms with E-state index < -0.39 is 0 Å². The number of H-pyrrole nitrogens is 1. The smallest absolute Gasteiger partial charge is 0.280 e. The number of amides is 1. The van der Waals surface area contributed by atoms with Crippen LogP contribution in [0.4, 0.5) is 5.69 Å². The molecule has 0 unspecified atom stereocenters. The van der Waals surface area contributed by atoms with Gasteiger partial charge in [0.05, 0.1) is 5.56 Å². The zero-order valence-electron chi connectivity index (χ0n) is 13.0. The summed E-state index contributed by atoms with van der Waals surface area (Å²) in [5.74, 6) is 0.748. The molecule has 0 bridgehead atoms. The van der Waals surface area contributed by atoms with E-state index in [9.17, 15) is 4.79 Å². The van der Waals surface area contributed by atoms with Crippen molar-refractivity contribution in [3.05, 3.63) is 60.4 Å². The molecule has 0 aliphatic carbocycles. The third kappa shape index (κ3) is 2.80. The van der Waals surface area contributed by atoms with Gasteiger partial charge in [0.1, 0.15) is 5.65 Å². The number of amidine groups is 1. The van der Waals surface area contributed by atoms with Crippen LogP contribution in [0.2, 0.25) is 0 Å². The second-order valence-corrected chi connectivity index (χ2v) is 6.55. The van der Waals surface area contributed by atoms with E-state index in [0.717, 1.165) is 35.0 Å². The van der Waals surface area contributed by atoms with Crippen LogP contribution >= 0.6 is 11.8 Å². The summed E-state index contributed by atoms with van der Waals surface area (Å²) in [6.45, 7) is 0.874. The maximum Gasteiger partial charge on any atom is 0.280 e. The number of thioether (sulfide) groups is 1. The lowest BCUT2D eigenvalue weighted by atomic mass is 10.2. The van der Waals surface area contributed by atoms with Crippen molar-refractivity contribution < 1.29 is 4.79 Å². The van der Waals surface area contributed by atoms with Crippen molar-refractivity contribution in [2.24, 2.45) is 4.99 Å². The average Bonchev–Trinajstić information content (AvgIpc) is 3.11. The summed E-state index contributed by atoms with van der Waals surface area (Å²) in [4.78, 5) is 26.5. The number of pyridine rings is 1. The zero-order valence-corrected chi connectivity index (χ0v) is 13.8. The number of benzene rings is 1. The van der Waals surface area contributed by atoms with Gasteiger partial charge in [-0.2, -0.15) is 4.99 Å². The molecule has 3 aromatic rings. The van der Waals surface area contributed by atoms with Crippen molar-refractivity contribution >= 4 is 39.6 Å². The fourth-order valence-corrected chi connectivity index (χ4v) is 3.75. The second kappa shape index (κ2) is 6.49. The highest BCUT2D eigenvalue weighted by atomic mass is 32.2. The summed E-state index contributed by atoms with van der Waals surface area (Å²) < 4.78 is 0. The minimum Gasteiger partial charge on any atom is -0.346 e. The first kappa shape index (κ1) is 15.0. The molecule has 0 radical (unpaired) electrons. The summed E-state index contributed by atoms with van der Waals surface area (Å²) in [5, 5.41) is 1.57. The molecule has 1 aliphatic heterocycles. The molecule has 4 rings (SSSR count). The molecule has 1 aromatic carbocycles. The normalized spacial score (nSPS) is 16.7. The number of nitrogens with zero attached hydrogens (tertiary/aromatic N) is 3. The van der Waals surface area contributed by atoms with Gasteiger partial charge in [-0.15, -0.1) is 0 Å². The number of aromatic nitrogens is 2. The van der Waals surface area contributed by atoms with Gasteiger partial charge in [-0.25, -0.2) is 4.98 Å². The van der Waals surface area contributed by atoms with Crippen molar-refractivity contribution in [1.29, 1.82) is 0 Å². The Bertz CT molecular complexity index is 904. The quantitative estimate of drug-likeness (QED) is 0.775. The van der Waals surface area contributed by atoms with Gasteiger partial charge < -0.3 is 9.88 Å². The van der Waals surface area contributed by atoms with Crippen LogP contribution in [0.3, 0.4) is 0 Å². The Labute approximate surface area is 143 Å². The van der Waals surface area contributed by atoms with E-state index >= 15 is 0 Å². The average molecular weight is 336 g/mol. The molecule has 24 heavy (non-hydrogen) atoms. The number of carbonyl (C=O) groups is 1. The summed E-state index contributed by atoms with van der Waals surface area (Å²) in [7, 11) is 0. The third-order valence-electron chi connectivity index (χ3n) is 3.94. The maximum absolute atomic E-state index is 12.7. The number of aromatic amines is 1. The highest BCUT2D eigenvalue weighted by molar-refractivity contribution is 8.14. The molecule has 1 amide bonds. The number of hydrogen-bond acceptors (Lipinski definition) is 3. The Balaban J connectivity index is 1.70. The first-order valence-electron chi connectivity index (χ1n) is 7.83. The number of hydrogen-bond donors (Lipinski definition) is 1. The molecule has 1 aliphatic rings. The van der Waals surface area contributed by atoms with Crippen LogP contribution in [0.5, 0.6) is 0 Å². The predicted octanol–water partition coefficient (Wildman–Crippen LogP) is 3.70. The van der Waals surface area contributed by atoms with Crippen LogP contribution in [-0.4, -0.2) is 33.3 Å². The number of carbonyl (C=O) groups excluding carboxylic acids is 1. The standard InChI is InChI=1S/C18H16N4OS/c23-17(15-8-10-20-16-14(15)7-9-19-16)21-18-22(11-4-12-24-18)13-5-2-1-3-6-13/h1-3,5-10H,4,11-12H2,(H,19,20)/b21-18-. The molecule has 1 fully saturated rings. The molecule has 6 heteroatoms. The number of fused-ring (bicyclic) bond motifs is 1. The van der Waals surface area contributed by atoms with E-state index in [2.05, 4.69) is 19.9 Å². The molecule has 5 nitrogen and oxygen atoms in total. The summed E-state index contributed by atoms with van der Waals surface area (Å²) in [6.07, 6.45) is 4.49. The monoisotopic (exact) mass is 336 g/mol. The van der Waals surface area contributed by atoms with Crippen molar-refractivity contribution in [1.82, 2.24) is 9.97 Å². The Morgan fingerprint density at radius 3 is 2.96 bits per heavy atom. The Morgan fingerprint density at radius 1 is 1.21 bits per heavy atom. The lowest BCUT2D eigenvalue weighted by Crippen LogP contribution is -2.34. The van der Waals surface area contributed by atoms with Gasteiger partial charge in [-0.1, -0.05) is 30.0 Å². The van der Waals surface area contributed by atoms with Gasteiger partial charge >= 0.3 is 0 Å². The van der Waals surface area contributed by atoms with E-state index in [1.54, 1.807) is 30.2 Å². The lowest BCUT2D eigenvalue weighted by molar-refractivity contribution is 0.100. The van der Waals surface area contributed by atoms with Crippen LogP contribution < -0.4 is 4.90 Å². The molecule has 3 heterocycles. The number of anilines is 1. The molecule has 0 spiro atoms. The van der Waals surface area contributed by atoms with Crippen LogP contribution in [0, 0.1) is 0 Å². The van der Waals surface area contributed by atoms with Crippen LogP contribution in [0.1, 0.15) is 16.8 Å². The molecule has 120 valence electrons. The fourth-order valence-electron chi connectivity index (χ4n) is 2.79. The van der Waals surface area contributed by atoms with Crippen molar-refractivity contribution in [3.8, 4) is 0 Å². The highest BCUT2D eigenvalue weighted by Gasteiger charge is 2.21. The van der Waals surface area contributed by atoms with Crippen molar-refractivity contribution in [3.63, 3.8) is 0 Å². The van der Waals surface area contributed by atoms with E-state index in [4.69, 9.17) is 0 Å². The molecular formula is C18H16N4OS. The Hall–Kier alpha value is -2.60. The molecule has 0 saturated carbocycles.